The van der Waals surface area contributed by atoms with Gasteiger partial charge in [-0.05, 0) is 53.9 Å². The molecule has 4 nitrogen and oxygen atoms in total. The predicted molar refractivity (Wildman–Crippen MR) is 85.7 cm³/mol. The molecule has 3 heterocycles. The summed E-state index contributed by atoms with van der Waals surface area (Å²) in [5, 5.41) is 0. The molecule has 106 valence electrons. The third-order valence-electron chi connectivity index (χ3n) is 4.06. The van der Waals surface area contributed by atoms with Gasteiger partial charge in [-0.15, -0.1) is 0 Å². The molecule has 5 heteroatoms. The van der Waals surface area contributed by atoms with Gasteiger partial charge in [0.2, 0.25) is 0 Å². The number of imidazole rings is 1. The van der Waals surface area contributed by atoms with Crippen molar-refractivity contribution in [2.24, 2.45) is 0 Å². The van der Waals surface area contributed by atoms with Crippen molar-refractivity contribution in [2.75, 3.05) is 0 Å². The fraction of sp³-hybridized carbons (Fsp3) is 0.250. The highest BCUT2D eigenvalue weighted by molar-refractivity contribution is 9.10. The van der Waals surface area contributed by atoms with Crippen molar-refractivity contribution < 1.29 is 0 Å². The molecule has 21 heavy (non-hydrogen) atoms. The zero-order chi connectivity index (χ0) is 14.6. The first-order valence-corrected chi connectivity index (χ1v) is 7.80. The minimum absolute atomic E-state index is 0.0936. The lowest BCUT2D eigenvalue weighted by Crippen LogP contribution is -2.08. The van der Waals surface area contributed by atoms with E-state index in [0.29, 0.717) is 11.5 Å². The molecule has 0 aromatic carbocycles. The summed E-state index contributed by atoms with van der Waals surface area (Å²) in [4.78, 5) is 19.5. The summed E-state index contributed by atoms with van der Waals surface area (Å²) in [6.45, 7) is 2.10. The minimum Gasteiger partial charge on any atom is -0.329 e. The number of aromatic amines is 1. The summed E-state index contributed by atoms with van der Waals surface area (Å²) in [6, 6.07) is 5.78. The highest BCUT2D eigenvalue weighted by atomic mass is 79.9. The second-order valence-electron chi connectivity index (χ2n) is 5.53. The Bertz CT molecular complexity index is 906. The molecule has 0 unspecified atom stereocenters. The van der Waals surface area contributed by atoms with E-state index in [1.54, 1.807) is 6.20 Å². The summed E-state index contributed by atoms with van der Waals surface area (Å²) in [7, 11) is 0. The van der Waals surface area contributed by atoms with Crippen molar-refractivity contribution in [3.8, 4) is 11.1 Å². The van der Waals surface area contributed by atoms with Crippen molar-refractivity contribution in [3.63, 3.8) is 0 Å². The quantitative estimate of drug-likeness (QED) is 0.772. The van der Waals surface area contributed by atoms with Crippen molar-refractivity contribution >= 4 is 21.6 Å². The highest BCUT2D eigenvalue weighted by Gasteiger charge is 2.28. The SMILES string of the molecule is Cc1c(C2CC2)nc2ccc(-c3c(Br)cc[nH]c3=O)cn12. The van der Waals surface area contributed by atoms with Gasteiger partial charge in [-0.25, -0.2) is 4.98 Å². The van der Waals surface area contributed by atoms with Gasteiger partial charge in [0, 0.05) is 34.0 Å². The average molecular weight is 344 g/mol. The number of rotatable bonds is 2. The van der Waals surface area contributed by atoms with Gasteiger partial charge in [0.25, 0.3) is 5.56 Å². The van der Waals surface area contributed by atoms with Crippen LogP contribution in [0, 0.1) is 6.92 Å². The molecule has 1 aliphatic rings. The van der Waals surface area contributed by atoms with E-state index >= 15 is 0 Å². The zero-order valence-electron chi connectivity index (χ0n) is 11.6. The molecule has 0 aliphatic heterocycles. The maximum Gasteiger partial charge on any atom is 0.257 e. The summed E-state index contributed by atoms with van der Waals surface area (Å²) in [5.41, 5.74) is 4.77. The lowest BCUT2D eigenvalue weighted by Gasteiger charge is -2.05. The maximum absolute atomic E-state index is 12.1. The van der Waals surface area contributed by atoms with Gasteiger partial charge in [0.05, 0.1) is 11.3 Å². The Morgan fingerprint density at radius 1 is 1.33 bits per heavy atom. The summed E-state index contributed by atoms with van der Waals surface area (Å²) in [5.74, 6) is 0.625. The molecule has 0 radical (unpaired) electrons. The van der Waals surface area contributed by atoms with Gasteiger partial charge >= 0.3 is 0 Å². The number of nitrogens with zero attached hydrogens (tertiary/aromatic N) is 2. The number of halogens is 1. The Kier molecular flexibility index (Phi) is 2.79. The van der Waals surface area contributed by atoms with E-state index in [0.717, 1.165) is 15.7 Å². The van der Waals surface area contributed by atoms with Crippen LogP contribution < -0.4 is 5.56 Å². The third-order valence-corrected chi connectivity index (χ3v) is 4.72. The standard InChI is InChI=1S/C16H14BrN3O/c1-9-15(10-2-3-10)19-13-5-4-11(8-20(9)13)14-12(17)6-7-18-16(14)21/h4-8,10H,2-3H2,1H3,(H,18,21). The molecule has 1 N–H and O–H groups in total. The number of hydrogen-bond donors (Lipinski definition) is 1. The van der Waals surface area contributed by atoms with Crippen LogP contribution in [0.1, 0.15) is 30.1 Å². The molecule has 0 spiro atoms. The molecule has 3 aromatic heterocycles. The van der Waals surface area contributed by atoms with E-state index in [-0.39, 0.29) is 5.56 Å². The third kappa shape index (κ3) is 2.03. The van der Waals surface area contributed by atoms with Crippen LogP contribution in [0.2, 0.25) is 0 Å². The van der Waals surface area contributed by atoms with Gasteiger partial charge in [0.1, 0.15) is 5.65 Å². The molecule has 1 aliphatic carbocycles. The van der Waals surface area contributed by atoms with Crippen LogP contribution in [0.5, 0.6) is 0 Å². The van der Waals surface area contributed by atoms with Crippen molar-refractivity contribution in [2.45, 2.75) is 25.7 Å². The molecule has 1 saturated carbocycles. The molecule has 0 bridgehead atoms. The van der Waals surface area contributed by atoms with Crippen LogP contribution in [-0.2, 0) is 0 Å². The van der Waals surface area contributed by atoms with E-state index in [1.807, 2.05) is 24.4 Å². The predicted octanol–water partition coefficient (Wildman–Crippen LogP) is 3.64. The van der Waals surface area contributed by atoms with Crippen LogP contribution in [0.4, 0.5) is 0 Å². The van der Waals surface area contributed by atoms with Gasteiger partial charge in [-0.2, -0.15) is 0 Å². The Morgan fingerprint density at radius 2 is 2.14 bits per heavy atom. The second-order valence-corrected chi connectivity index (χ2v) is 6.39. The number of nitrogens with one attached hydrogen (secondary N) is 1. The zero-order valence-corrected chi connectivity index (χ0v) is 13.1. The monoisotopic (exact) mass is 343 g/mol. The number of aromatic nitrogens is 3. The van der Waals surface area contributed by atoms with Gasteiger partial charge < -0.3 is 9.38 Å². The fourth-order valence-corrected chi connectivity index (χ4v) is 3.34. The molecule has 4 rings (SSSR count). The Labute approximate surface area is 130 Å². The lowest BCUT2D eigenvalue weighted by molar-refractivity contribution is 1.01. The molecule has 0 amide bonds. The van der Waals surface area contributed by atoms with Crippen LogP contribution in [-0.4, -0.2) is 14.4 Å². The number of fused-ring (bicyclic) bond motifs is 1. The number of aryl methyl sites for hydroxylation is 1. The second kappa shape index (κ2) is 4.56. The Morgan fingerprint density at radius 3 is 2.86 bits per heavy atom. The summed E-state index contributed by atoms with van der Waals surface area (Å²) < 4.78 is 2.88. The topological polar surface area (TPSA) is 50.2 Å². The van der Waals surface area contributed by atoms with Crippen LogP contribution in [0.15, 0.2) is 39.9 Å². The van der Waals surface area contributed by atoms with E-state index in [9.17, 15) is 4.79 Å². The van der Waals surface area contributed by atoms with Crippen molar-refractivity contribution in [3.05, 3.63) is 56.8 Å². The van der Waals surface area contributed by atoms with Crippen LogP contribution in [0.3, 0.4) is 0 Å². The highest BCUT2D eigenvalue weighted by Crippen LogP contribution is 2.41. The normalized spacial score (nSPS) is 14.8. The summed E-state index contributed by atoms with van der Waals surface area (Å²) >= 11 is 3.46. The van der Waals surface area contributed by atoms with E-state index < -0.39 is 0 Å². The fourth-order valence-electron chi connectivity index (χ4n) is 2.80. The first-order chi connectivity index (χ1) is 10.1. The molecule has 3 aromatic rings. The minimum atomic E-state index is -0.0936. The molecule has 0 atom stereocenters. The van der Waals surface area contributed by atoms with Gasteiger partial charge in [0.15, 0.2) is 0 Å². The number of pyridine rings is 2. The molecule has 0 saturated heterocycles. The smallest absolute Gasteiger partial charge is 0.257 e. The molecular formula is C16H14BrN3O. The Balaban J connectivity index is 1.95. The van der Waals surface area contributed by atoms with E-state index in [4.69, 9.17) is 4.98 Å². The van der Waals surface area contributed by atoms with Gasteiger partial charge in [-0.1, -0.05) is 0 Å². The first kappa shape index (κ1) is 12.8. The largest absolute Gasteiger partial charge is 0.329 e. The van der Waals surface area contributed by atoms with Crippen molar-refractivity contribution in [1.29, 1.82) is 0 Å². The molecular weight excluding hydrogens is 330 g/mol. The van der Waals surface area contributed by atoms with Gasteiger partial charge in [-0.3, -0.25) is 4.79 Å². The Hall–Kier alpha value is -1.88. The summed E-state index contributed by atoms with van der Waals surface area (Å²) in [6.07, 6.45) is 6.12. The van der Waals surface area contributed by atoms with E-state index in [1.165, 1.54) is 24.2 Å². The van der Waals surface area contributed by atoms with Crippen molar-refractivity contribution in [1.82, 2.24) is 14.4 Å². The maximum atomic E-state index is 12.1. The van der Waals surface area contributed by atoms with E-state index in [2.05, 4.69) is 32.2 Å². The van der Waals surface area contributed by atoms with Crippen LogP contribution in [0.25, 0.3) is 16.8 Å². The lowest BCUT2D eigenvalue weighted by atomic mass is 10.1. The number of H-pyrrole nitrogens is 1. The average Bonchev–Trinajstić information content (AvgIpc) is 3.25. The van der Waals surface area contributed by atoms with Crippen LogP contribution >= 0.6 is 15.9 Å². The number of hydrogen-bond acceptors (Lipinski definition) is 2. The first-order valence-electron chi connectivity index (χ1n) is 7.01. The molecule has 1 fully saturated rings.